The molecule has 1 aromatic heterocycles. The molecule has 1 aliphatic carbocycles. The highest BCUT2D eigenvalue weighted by Crippen LogP contribution is 2.34. The van der Waals surface area contributed by atoms with Crippen molar-refractivity contribution < 1.29 is 0 Å². The smallest absolute Gasteiger partial charge is 0.153 e. The number of nitrogens with zero attached hydrogens (tertiary/aromatic N) is 3. The molecule has 0 amide bonds. The van der Waals surface area contributed by atoms with Gasteiger partial charge in [0, 0.05) is 7.05 Å². The molecular formula is C12H22BrN5. The van der Waals surface area contributed by atoms with E-state index in [0.717, 1.165) is 10.3 Å². The summed E-state index contributed by atoms with van der Waals surface area (Å²) in [6.45, 7) is 0. The second-order valence-corrected chi connectivity index (χ2v) is 5.89. The van der Waals surface area contributed by atoms with Crippen molar-refractivity contribution in [3.8, 4) is 0 Å². The van der Waals surface area contributed by atoms with Crippen LogP contribution in [0.4, 0.5) is 0 Å². The molecule has 18 heavy (non-hydrogen) atoms. The molecule has 1 aromatic rings. The zero-order chi connectivity index (χ0) is 13.0. The van der Waals surface area contributed by atoms with Crippen molar-refractivity contribution >= 4 is 15.9 Å². The van der Waals surface area contributed by atoms with Gasteiger partial charge in [-0.05, 0) is 34.7 Å². The number of aromatic nitrogens is 3. The fraction of sp³-hybridized carbons (Fsp3) is 0.833. The number of hydrogen-bond acceptors (Lipinski definition) is 4. The first-order valence-electron chi connectivity index (χ1n) is 6.75. The monoisotopic (exact) mass is 315 g/mol. The van der Waals surface area contributed by atoms with E-state index >= 15 is 0 Å². The van der Waals surface area contributed by atoms with Gasteiger partial charge in [0.25, 0.3) is 0 Å². The summed E-state index contributed by atoms with van der Waals surface area (Å²) in [6, 6.07) is 0.137. The third kappa shape index (κ3) is 3.10. The van der Waals surface area contributed by atoms with Gasteiger partial charge >= 0.3 is 0 Å². The average Bonchev–Trinajstić information content (AvgIpc) is 2.64. The topological polar surface area (TPSA) is 68.8 Å². The second-order valence-electron chi connectivity index (χ2n) is 5.14. The summed E-state index contributed by atoms with van der Waals surface area (Å²) in [5, 5.41) is 8.10. The van der Waals surface area contributed by atoms with Crippen LogP contribution in [0.15, 0.2) is 4.60 Å². The van der Waals surface area contributed by atoms with Crippen molar-refractivity contribution in [1.29, 1.82) is 0 Å². The Hall–Kier alpha value is -0.460. The van der Waals surface area contributed by atoms with E-state index in [1.165, 1.54) is 44.9 Å². The maximum atomic E-state index is 5.78. The minimum absolute atomic E-state index is 0.137. The Bertz CT molecular complexity index is 351. The fourth-order valence-electron chi connectivity index (χ4n) is 2.93. The molecule has 0 spiro atoms. The van der Waals surface area contributed by atoms with E-state index in [9.17, 15) is 0 Å². The number of aryl methyl sites for hydroxylation is 1. The van der Waals surface area contributed by atoms with Crippen molar-refractivity contribution in [2.75, 3.05) is 0 Å². The molecule has 0 bridgehead atoms. The van der Waals surface area contributed by atoms with Crippen LogP contribution in [0, 0.1) is 5.92 Å². The second kappa shape index (κ2) is 6.63. The van der Waals surface area contributed by atoms with E-state index in [1.54, 1.807) is 0 Å². The van der Waals surface area contributed by atoms with E-state index in [-0.39, 0.29) is 6.04 Å². The predicted octanol–water partition coefficient (Wildman–Crippen LogP) is 2.44. The molecule has 0 radical (unpaired) electrons. The number of hydrogen-bond donors (Lipinski definition) is 2. The molecule has 1 saturated carbocycles. The van der Waals surface area contributed by atoms with Gasteiger partial charge in [0.15, 0.2) is 4.60 Å². The summed E-state index contributed by atoms with van der Waals surface area (Å²) in [5.41, 5.74) is 4.03. The Morgan fingerprint density at radius 3 is 2.39 bits per heavy atom. The Balaban J connectivity index is 2.16. The number of nitrogens with one attached hydrogen (secondary N) is 1. The highest BCUT2D eigenvalue weighted by atomic mass is 79.9. The third-order valence-electron chi connectivity index (χ3n) is 3.92. The van der Waals surface area contributed by atoms with E-state index in [4.69, 9.17) is 5.84 Å². The zero-order valence-corrected chi connectivity index (χ0v) is 12.5. The molecule has 0 saturated heterocycles. The lowest BCUT2D eigenvalue weighted by Gasteiger charge is -2.28. The summed E-state index contributed by atoms with van der Waals surface area (Å²) >= 11 is 3.47. The van der Waals surface area contributed by atoms with Crippen LogP contribution < -0.4 is 11.3 Å². The molecule has 1 fully saturated rings. The lowest BCUT2D eigenvalue weighted by molar-refractivity contribution is 0.280. The van der Waals surface area contributed by atoms with E-state index < -0.39 is 0 Å². The Morgan fingerprint density at radius 1 is 1.28 bits per heavy atom. The first-order chi connectivity index (χ1) is 8.74. The molecule has 6 heteroatoms. The highest BCUT2D eigenvalue weighted by molar-refractivity contribution is 9.10. The van der Waals surface area contributed by atoms with E-state index in [2.05, 4.69) is 31.7 Å². The lowest BCUT2D eigenvalue weighted by atomic mass is 9.85. The van der Waals surface area contributed by atoms with Crippen molar-refractivity contribution in [3.05, 3.63) is 10.3 Å². The van der Waals surface area contributed by atoms with E-state index in [1.807, 2.05) is 11.7 Å². The van der Waals surface area contributed by atoms with Gasteiger partial charge in [-0.15, -0.1) is 5.10 Å². The van der Waals surface area contributed by atoms with Gasteiger partial charge in [-0.1, -0.05) is 37.3 Å². The van der Waals surface area contributed by atoms with Crippen LogP contribution in [0.3, 0.4) is 0 Å². The standard InChI is InChI=1S/C12H22BrN5/c1-18-11(12(13)16-17-18)10(15-14)9-7-5-3-2-4-6-8-9/h9-10,15H,2-8,14H2,1H3. The first-order valence-corrected chi connectivity index (χ1v) is 7.54. The number of halogens is 1. The molecule has 0 aliphatic heterocycles. The average molecular weight is 316 g/mol. The van der Waals surface area contributed by atoms with Gasteiger partial charge in [0.2, 0.25) is 0 Å². The van der Waals surface area contributed by atoms with Crippen LogP contribution in [0.5, 0.6) is 0 Å². The van der Waals surface area contributed by atoms with Gasteiger partial charge in [-0.3, -0.25) is 11.3 Å². The van der Waals surface area contributed by atoms with Crippen molar-refractivity contribution in [2.24, 2.45) is 18.8 Å². The quantitative estimate of drug-likeness (QED) is 0.664. The fourth-order valence-corrected chi connectivity index (χ4v) is 3.50. The van der Waals surface area contributed by atoms with Gasteiger partial charge in [0.05, 0.1) is 11.7 Å². The SMILES string of the molecule is Cn1nnc(Br)c1C(NN)C1CCCCCCC1. The van der Waals surface area contributed by atoms with Crippen molar-refractivity contribution in [1.82, 2.24) is 20.4 Å². The van der Waals surface area contributed by atoms with Crippen LogP contribution in [0.1, 0.15) is 56.7 Å². The number of rotatable bonds is 3. The largest absolute Gasteiger partial charge is 0.271 e. The highest BCUT2D eigenvalue weighted by Gasteiger charge is 2.27. The zero-order valence-electron chi connectivity index (χ0n) is 10.9. The van der Waals surface area contributed by atoms with Gasteiger partial charge in [0.1, 0.15) is 0 Å². The van der Waals surface area contributed by atoms with Crippen molar-refractivity contribution in [2.45, 2.75) is 51.0 Å². The third-order valence-corrected chi connectivity index (χ3v) is 4.49. The molecular weight excluding hydrogens is 294 g/mol. The molecule has 0 aromatic carbocycles. The van der Waals surface area contributed by atoms with Crippen LogP contribution in [-0.4, -0.2) is 15.0 Å². The van der Waals surface area contributed by atoms with Gasteiger partial charge < -0.3 is 0 Å². The molecule has 3 N–H and O–H groups in total. The van der Waals surface area contributed by atoms with Crippen molar-refractivity contribution in [3.63, 3.8) is 0 Å². The molecule has 2 rings (SSSR count). The summed E-state index contributed by atoms with van der Waals surface area (Å²) in [5.74, 6) is 6.36. The Morgan fingerprint density at radius 2 is 1.89 bits per heavy atom. The maximum Gasteiger partial charge on any atom is 0.153 e. The number of hydrazine groups is 1. The minimum Gasteiger partial charge on any atom is -0.271 e. The Kier molecular flexibility index (Phi) is 5.14. The molecule has 102 valence electrons. The lowest BCUT2D eigenvalue weighted by Crippen LogP contribution is -2.35. The molecule has 5 nitrogen and oxygen atoms in total. The summed E-state index contributed by atoms with van der Waals surface area (Å²) < 4.78 is 2.61. The van der Waals surface area contributed by atoms with Gasteiger partial charge in [-0.2, -0.15) is 0 Å². The minimum atomic E-state index is 0.137. The molecule has 1 aliphatic rings. The van der Waals surface area contributed by atoms with Crippen LogP contribution in [0.2, 0.25) is 0 Å². The summed E-state index contributed by atoms with van der Waals surface area (Å²) in [7, 11) is 1.92. The van der Waals surface area contributed by atoms with Gasteiger partial charge in [-0.25, -0.2) is 4.68 Å². The molecule has 1 atom stereocenters. The van der Waals surface area contributed by atoms with Crippen LogP contribution >= 0.6 is 15.9 Å². The molecule has 1 heterocycles. The Labute approximate surface area is 117 Å². The summed E-state index contributed by atoms with van der Waals surface area (Å²) in [6.07, 6.45) is 9.12. The van der Waals surface area contributed by atoms with Crippen LogP contribution in [0.25, 0.3) is 0 Å². The predicted molar refractivity (Wildman–Crippen MR) is 74.6 cm³/mol. The maximum absolute atomic E-state index is 5.78. The first kappa shape index (κ1) is 14.0. The summed E-state index contributed by atoms with van der Waals surface area (Å²) in [4.78, 5) is 0. The molecule has 1 unspecified atom stereocenters. The normalized spacial score (nSPS) is 20.4. The number of nitrogens with two attached hydrogens (primary N) is 1. The van der Waals surface area contributed by atoms with E-state index in [0.29, 0.717) is 5.92 Å². The van der Waals surface area contributed by atoms with Crippen LogP contribution in [-0.2, 0) is 7.05 Å².